The number of oxazole rings is 1. The predicted molar refractivity (Wildman–Crippen MR) is 102 cm³/mol. The first-order valence-electron chi connectivity index (χ1n) is 8.29. The Morgan fingerprint density at radius 1 is 1.21 bits per heavy atom. The Hall–Kier alpha value is -2.39. The lowest BCUT2D eigenvalue weighted by Gasteiger charge is -2.17. The van der Waals surface area contributed by atoms with Crippen LogP contribution in [0.1, 0.15) is 23.2 Å². The Morgan fingerprint density at radius 2 is 1.89 bits per heavy atom. The van der Waals surface area contributed by atoms with Gasteiger partial charge in [-0.25, -0.2) is 4.98 Å². The molecule has 3 aromatic rings. The number of carbonyl (C=O) groups excluding carboxylic acids is 1. The summed E-state index contributed by atoms with van der Waals surface area (Å²) in [6.45, 7) is 2.60. The molecule has 0 unspecified atom stereocenters. The molecule has 0 radical (unpaired) electrons. The monoisotopic (exact) mass is 423 g/mol. The van der Waals surface area contributed by atoms with Crippen LogP contribution in [0.25, 0.3) is 11.1 Å². The third kappa shape index (κ3) is 3.18. The van der Waals surface area contributed by atoms with Gasteiger partial charge in [-0.3, -0.25) is 9.78 Å². The lowest BCUT2D eigenvalue weighted by Crippen LogP contribution is -2.22. The summed E-state index contributed by atoms with van der Waals surface area (Å²) in [5, 5.41) is 3.10. The minimum absolute atomic E-state index is 0.216. The largest absolute Gasteiger partial charge is 0.493 e. The summed E-state index contributed by atoms with van der Waals surface area (Å²) in [4.78, 5) is 21.1. The van der Waals surface area contributed by atoms with E-state index in [0.717, 1.165) is 0 Å². The first-order chi connectivity index (χ1) is 13.4. The molecular formula is C18H15Cl2N3O5. The number of benzene rings is 1. The Bertz CT molecular complexity index is 1040. The van der Waals surface area contributed by atoms with Gasteiger partial charge in [0.25, 0.3) is 11.8 Å². The molecule has 0 saturated carbocycles. The highest BCUT2D eigenvalue weighted by molar-refractivity contribution is 6.39. The van der Waals surface area contributed by atoms with E-state index < -0.39 is 11.7 Å². The second-order valence-electron chi connectivity index (χ2n) is 6.09. The quantitative estimate of drug-likeness (QED) is 0.676. The van der Waals surface area contributed by atoms with Crippen LogP contribution in [0.3, 0.4) is 0 Å². The summed E-state index contributed by atoms with van der Waals surface area (Å²) < 4.78 is 22.4. The van der Waals surface area contributed by atoms with Crippen LogP contribution in [0.15, 0.2) is 28.9 Å². The van der Waals surface area contributed by atoms with Crippen LogP contribution >= 0.6 is 23.2 Å². The van der Waals surface area contributed by atoms with Gasteiger partial charge in [0.2, 0.25) is 5.79 Å². The molecule has 1 aromatic carbocycles. The van der Waals surface area contributed by atoms with Crippen molar-refractivity contribution in [2.75, 3.05) is 25.6 Å². The smallest absolute Gasteiger partial charge is 0.259 e. The van der Waals surface area contributed by atoms with Crippen LogP contribution in [-0.4, -0.2) is 36.2 Å². The predicted octanol–water partition coefficient (Wildman–Crippen LogP) is 4.01. The standard InChI is InChI=1S/C18H15Cl2N3O5/c1-18(26-5-6-27-18)17-23-14-12(28-17)4-3-9(15(14)25-2)16(24)22-13-10(19)7-21-8-11(13)20/h3-4,7-8H,5-6H2,1-2H3,(H,21,22,24). The van der Waals surface area contributed by atoms with E-state index in [1.54, 1.807) is 19.1 Å². The molecule has 10 heteroatoms. The average molecular weight is 424 g/mol. The normalized spacial score (nSPS) is 15.7. The van der Waals surface area contributed by atoms with Crippen molar-refractivity contribution in [2.45, 2.75) is 12.7 Å². The molecule has 2 aromatic heterocycles. The lowest BCUT2D eigenvalue weighted by atomic mass is 10.1. The third-order valence-corrected chi connectivity index (χ3v) is 4.86. The summed E-state index contributed by atoms with van der Waals surface area (Å²) in [6.07, 6.45) is 2.77. The molecule has 4 rings (SSSR count). The summed E-state index contributed by atoms with van der Waals surface area (Å²) in [5.74, 6) is -1.06. The number of ether oxygens (including phenoxy) is 3. The van der Waals surface area contributed by atoms with Gasteiger partial charge >= 0.3 is 0 Å². The zero-order chi connectivity index (χ0) is 19.9. The molecule has 1 aliphatic heterocycles. The molecule has 1 aliphatic rings. The number of nitrogens with one attached hydrogen (secondary N) is 1. The van der Waals surface area contributed by atoms with E-state index in [4.69, 9.17) is 41.8 Å². The Morgan fingerprint density at radius 3 is 2.54 bits per heavy atom. The van der Waals surface area contributed by atoms with E-state index in [9.17, 15) is 4.79 Å². The van der Waals surface area contributed by atoms with Gasteiger partial charge in [-0.2, -0.15) is 0 Å². The number of fused-ring (bicyclic) bond motifs is 1. The van der Waals surface area contributed by atoms with Crippen molar-refractivity contribution in [1.82, 2.24) is 9.97 Å². The molecule has 8 nitrogen and oxygen atoms in total. The zero-order valence-corrected chi connectivity index (χ0v) is 16.4. The maximum Gasteiger partial charge on any atom is 0.259 e. The molecule has 0 aliphatic carbocycles. The molecule has 3 heterocycles. The average Bonchev–Trinajstić information content (AvgIpc) is 3.31. The number of hydrogen-bond donors (Lipinski definition) is 1. The third-order valence-electron chi connectivity index (χ3n) is 4.28. The van der Waals surface area contributed by atoms with Crippen LogP contribution in [-0.2, 0) is 15.3 Å². The number of amides is 1. The van der Waals surface area contributed by atoms with Gasteiger partial charge in [0.05, 0.1) is 41.6 Å². The van der Waals surface area contributed by atoms with Crippen molar-refractivity contribution >= 4 is 45.9 Å². The number of hydrogen-bond acceptors (Lipinski definition) is 7. The van der Waals surface area contributed by atoms with Crippen LogP contribution in [0.5, 0.6) is 5.75 Å². The first-order valence-corrected chi connectivity index (χ1v) is 9.05. The zero-order valence-electron chi connectivity index (χ0n) is 14.9. The number of nitrogens with zero attached hydrogens (tertiary/aromatic N) is 2. The van der Waals surface area contributed by atoms with Crippen LogP contribution in [0.4, 0.5) is 5.69 Å². The minimum atomic E-state index is -1.08. The van der Waals surface area contributed by atoms with E-state index in [1.165, 1.54) is 19.5 Å². The highest BCUT2D eigenvalue weighted by atomic mass is 35.5. The van der Waals surface area contributed by atoms with Crippen molar-refractivity contribution in [3.63, 3.8) is 0 Å². The highest BCUT2D eigenvalue weighted by Crippen LogP contribution is 2.37. The molecule has 28 heavy (non-hydrogen) atoms. The fourth-order valence-electron chi connectivity index (χ4n) is 2.90. The number of methoxy groups -OCH3 is 1. The second kappa shape index (κ2) is 7.21. The topological polar surface area (TPSA) is 95.7 Å². The highest BCUT2D eigenvalue weighted by Gasteiger charge is 2.39. The molecule has 0 spiro atoms. The maximum atomic E-state index is 12.8. The van der Waals surface area contributed by atoms with Gasteiger partial charge in [-0.05, 0) is 19.1 Å². The molecule has 1 fully saturated rings. The number of rotatable bonds is 4. The van der Waals surface area contributed by atoms with Gasteiger partial charge in [-0.15, -0.1) is 0 Å². The molecule has 0 bridgehead atoms. The summed E-state index contributed by atoms with van der Waals surface area (Å²) >= 11 is 12.1. The van der Waals surface area contributed by atoms with Crippen molar-refractivity contribution in [3.8, 4) is 5.75 Å². The van der Waals surface area contributed by atoms with Gasteiger partial charge in [0, 0.05) is 12.4 Å². The van der Waals surface area contributed by atoms with Crippen molar-refractivity contribution < 1.29 is 23.4 Å². The van der Waals surface area contributed by atoms with E-state index in [0.29, 0.717) is 24.3 Å². The first kappa shape index (κ1) is 18.9. The molecule has 1 N–H and O–H groups in total. The molecule has 146 valence electrons. The van der Waals surface area contributed by atoms with E-state index >= 15 is 0 Å². The number of carbonyl (C=O) groups is 1. The Labute approximate surface area is 169 Å². The summed E-state index contributed by atoms with van der Waals surface area (Å²) in [6, 6.07) is 3.19. The molecular weight excluding hydrogens is 409 g/mol. The van der Waals surface area contributed by atoms with Gasteiger partial charge in [-0.1, -0.05) is 23.2 Å². The molecule has 0 atom stereocenters. The number of aromatic nitrogens is 2. The van der Waals surface area contributed by atoms with Crippen molar-refractivity contribution in [3.05, 3.63) is 46.0 Å². The van der Waals surface area contributed by atoms with Crippen LogP contribution in [0, 0.1) is 0 Å². The van der Waals surface area contributed by atoms with Crippen LogP contribution < -0.4 is 10.1 Å². The Balaban J connectivity index is 1.74. The van der Waals surface area contributed by atoms with Gasteiger partial charge < -0.3 is 23.9 Å². The minimum Gasteiger partial charge on any atom is -0.493 e. The van der Waals surface area contributed by atoms with E-state index in [-0.39, 0.29) is 32.9 Å². The number of anilines is 1. The fraction of sp³-hybridized carbons (Fsp3) is 0.278. The summed E-state index contributed by atoms with van der Waals surface area (Å²) in [7, 11) is 1.44. The van der Waals surface area contributed by atoms with Gasteiger partial charge in [0.1, 0.15) is 0 Å². The second-order valence-corrected chi connectivity index (χ2v) is 6.90. The lowest BCUT2D eigenvalue weighted by molar-refractivity contribution is -0.165. The molecule has 1 amide bonds. The van der Waals surface area contributed by atoms with Crippen LogP contribution in [0.2, 0.25) is 10.0 Å². The fourth-order valence-corrected chi connectivity index (χ4v) is 3.36. The van der Waals surface area contributed by atoms with Gasteiger partial charge in [0.15, 0.2) is 16.8 Å². The van der Waals surface area contributed by atoms with Crippen molar-refractivity contribution in [2.24, 2.45) is 0 Å². The number of halogens is 2. The van der Waals surface area contributed by atoms with E-state index in [2.05, 4.69) is 15.3 Å². The molecule has 1 saturated heterocycles. The summed E-state index contributed by atoms with van der Waals surface area (Å²) in [5.41, 5.74) is 1.30. The maximum absolute atomic E-state index is 12.8. The van der Waals surface area contributed by atoms with E-state index in [1.807, 2.05) is 0 Å². The number of pyridine rings is 1. The van der Waals surface area contributed by atoms with Crippen molar-refractivity contribution in [1.29, 1.82) is 0 Å². The Kier molecular flexibility index (Phi) is 4.88. The SMILES string of the molecule is COc1c(C(=O)Nc2c(Cl)cncc2Cl)ccc2oc(C3(C)OCCO3)nc12.